The molecule has 1 aromatic carbocycles. The van der Waals surface area contributed by atoms with E-state index in [0.717, 1.165) is 19.7 Å². The Labute approximate surface area is 124 Å². The number of hydrogen-bond donors (Lipinski definition) is 0. The molecule has 0 bridgehead atoms. The highest BCUT2D eigenvalue weighted by Crippen LogP contribution is 2.28. The van der Waals surface area contributed by atoms with Crippen LogP contribution in [-0.4, -0.2) is 43.3 Å². The lowest BCUT2D eigenvalue weighted by atomic mass is 10.2. The van der Waals surface area contributed by atoms with Gasteiger partial charge in [0.15, 0.2) is 0 Å². The second-order valence-corrected chi connectivity index (χ2v) is 5.81. The van der Waals surface area contributed by atoms with Gasteiger partial charge in [-0.25, -0.2) is 0 Å². The van der Waals surface area contributed by atoms with Crippen LogP contribution in [0.25, 0.3) is 0 Å². The van der Waals surface area contributed by atoms with Gasteiger partial charge in [0.1, 0.15) is 18.5 Å². The summed E-state index contributed by atoms with van der Waals surface area (Å²) >= 11 is 12.0. The first kappa shape index (κ1) is 14.9. The Morgan fingerprint density at radius 3 is 2.95 bits per heavy atom. The van der Waals surface area contributed by atoms with Crippen LogP contribution >= 0.6 is 23.2 Å². The van der Waals surface area contributed by atoms with Crippen molar-refractivity contribution in [2.45, 2.75) is 26.0 Å². The Bertz CT molecular complexity index is 426. The van der Waals surface area contributed by atoms with Gasteiger partial charge in [0.05, 0.1) is 11.6 Å². The molecular formula is C14H19Cl2NO2. The molecule has 19 heavy (non-hydrogen) atoms. The van der Waals surface area contributed by atoms with Crippen LogP contribution in [0.5, 0.6) is 5.75 Å². The van der Waals surface area contributed by atoms with Crippen LogP contribution in [-0.2, 0) is 4.74 Å². The molecular weight excluding hydrogens is 285 g/mol. The molecule has 3 nitrogen and oxygen atoms in total. The predicted octanol–water partition coefficient (Wildman–Crippen LogP) is 3.48. The van der Waals surface area contributed by atoms with E-state index in [1.54, 1.807) is 18.2 Å². The molecule has 1 atom stereocenters. The molecule has 0 amide bonds. The van der Waals surface area contributed by atoms with E-state index in [-0.39, 0.29) is 6.10 Å². The Morgan fingerprint density at radius 2 is 2.21 bits per heavy atom. The largest absolute Gasteiger partial charge is 0.489 e. The summed E-state index contributed by atoms with van der Waals surface area (Å²) in [5.74, 6) is 0.611. The van der Waals surface area contributed by atoms with Gasteiger partial charge in [0.25, 0.3) is 0 Å². The zero-order valence-electron chi connectivity index (χ0n) is 11.2. The molecule has 5 heteroatoms. The molecule has 0 aliphatic carbocycles. The number of morpholine rings is 1. The molecule has 0 saturated carbocycles. The highest BCUT2D eigenvalue weighted by atomic mass is 35.5. The van der Waals surface area contributed by atoms with Crippen molar-refractivity contribution >= 4 is 23.2 Å². The maximum atomic E-state index is 6.06. The molecule has 0 N–H and O–H groups in total. The molecule has 1 fully saturated rings. The predicted molar refractivity (Wildman–Crippen MR) is 78.4 cm³/mol. The Morgan fingerprint density at radius 1 is 1.42 bits per heavy atom. The summed E-state index contributed by atoms with van der Waals surface area (Å²) in [5.41, 5.74) is 0. The van der Waals surface area contributed by atoms with Crippen LogP contribution < -0.4 is 4.74 Å². The van der Waals surface area contributed by atoms with E-state index in [2.05, 4.69) is 18.7 Å². The Hall–Kier alpha value is -0.480. The smallest absolute Gasteiger partial charge is 0.139 e. The zero-order valence-corrected chi connectivity index (χ0v) is 12.7. The first-order valence-corrected chi connectivity index (χ1v) is 7.25. The Balaban J connectivity index is 1.89. The molecule has 1 heterocycles. The highest BCUT2D eigenvalue weighted by Gasteiger charge is 2.22. The van der Waals surface area contributed by atoms with Crippen molar-refractivity contribution in [1.29, 1.82) is 0 Å². The molecule has 106 valence electrons. The molecule has 2 rings (SSSR count). The van der Waals surface area contributed by atoms with Crippen LogP contribution in [0.4, 0.5) is 0 Å². The normalized spacial score (nSPS) is 20.8. The summed E-state index contributed by atoms with van der Waals surface area (Å²) in [6, 6.07) is 5.74. The summed E-state index contributed by atoms with van der Waals surface area (Å²) in [6.07, 6.45) is 0.0752. The molecule has 1 aromatic rings. The van der Waals surface area contributed by atoms with Gasteiger partial charge in [-0.15, -0.1) is 0 Å². The van der Waals surface area contributed by atoms with E-state index < -0.39 is 0 Å². The van der Waals surface area contributed by atoms with Crippen molar-refractivity contribution in [3.05, 3.63) is 28.2 Å². The van der Waals surface area contributed by atoms with Crippen LogP contribution in [0.3, 0.4) is 0 Å². The average Bonchev–Trinajstić information content (AvgIpc) is 2.40. The number of halogens is 2. The topological polar surface area (TPSA) is 21.7 Å². The third kappa shape index (κ3) is 4.25. The van der Waals surface area contributed by atoms with Gasteiger partial charge in [0, 0.05) is 30.2 Å². The van der Waals surface area contributed by atoms with E-state index in [0.29, 0.717) is 28.4 Å². The summed E-state index contributed by atoms with van der Waals surface area (Å²) < 4.78 is 11.4. The fourth-order valence-electron chi connectivity index (χ4n) is 2.08. The minimum absolute atomic E-state index is 0.0752. The number of benzene rings is 1. The maximum Gasteiger partial charge on any atom is 0.139 e. The third-order valence-corrected chi connectivity index (χ3v) is 3.77. The van der Waals surface area contributed by atoms with E-state index in [9.17, 15) is 0 Å². The van der Waals surface area contributed by atoms with Gasteiger partial charge < -0.3 is 9.47 Å². The third-order valence-electron chi connectivity index (χ3n) is 3.22. The lowest BCUT2D eigenvalue weighted by Gasteiger charge is -2.35. The van der Waals surface area contributed by atoms with Crippen molar-refractivity contribution < 1.29 is 9.47 Å². The average molecular weight is 304 g/mol. The summed E-state index contributed by atoms with van der Waals surface area (Å²) in [4.78, 5) is 2.39. The minimum atomic E-state index is 0.0752. The summed E-state index contributed by atoms with van der Waals surface area (Å²) in [5, 5.41) is 1.19. The van der Waals surface area contributed by atoms with Crippen LogP contribution in [0.1, 0.15) is 13.8 Å². The minimum Gasteiger partial charge on any atom is -0.489 e. The van der Waals surface area contributed by atoms with Crippen molar-refractivity contribution in [2.75, 3.05) is 26.3 Å². The maximum absolute atomic E-state index is 6.06. The second-order valence-electron chi connectivity index (χ2n) is 4.97. The van der Waals surface area contributed by atoms with E-state index in [1.165, 1.54) is 0 Å². The molecule has 0 aromatic heterocycles. The molecule has 0 radical (unpaired) electrons. The van der Waals surface area contributed by atoms with Gasteiger partial charge in [-0.3, -0.25) is 4.90 Å². The SMILES string of the molecule is CC(C)N1CCOC(COc2cc(Cl)ccc2Cl)C1. The highest BCUT2D eigenvalue weighted by molar-refractivity contribution is 6.34. The first-order valence-electron chi connectivity index (χ1n) is 6.50. The molecule has 1 aliphatic heterocycles. The molecule has 1 aliphatic rings. The quantitative estimate of drug-likeness (QED) is 0.850. The molecule has 1 saturated heterocycles. The van der Waals surface area contributed by atoms with Crippen molar-refractivity contribution in [3.63, 3.8) is 0 Å². The number of rotatable bonds is 4. The van der Waals surface area contributed by atoms with E-state index >= 15 is 0 Å². The van der Waals surface area contributed by atoms with Crippen molar-refractivity contribution in [2.24, 2.45) is 0 Å². The van der Waals surface area contributed by atoms with E-state index in [4.69, 9.17) is 32.7 Å². The van der Waals surface area contributed by atoms with E-state index in [1.807, 2.05) is 0 Å². The van der Waals surface area contributed by atoms with Crippen molar-refractivity contribution in [3.8, 4) is 5.75 Å². The molecule has 1 unspecified atom stereocenters. The number of hydrogen-bond acceptors (Lipinski definition) is 3. The molecule has 0 spiro atoms. The summed E-state index contributed by atoms with van der Waals surface area (Å²) in [7, 11) is 0. The fourth-order valence-corrected chi connectivity index (χ4v) is 2.42. The van der Waals surface area contributed by atoms with Crippen LogP contribution in [0.15, 0.2) is 18.2 Å². The standard InChI is InChI=1S/C14H19Cl2NO2/c1-10(2)17-5-6-18-12(8-17)9-19-14-7-11(15)3-4-13(14)16/h3-4,7,10,12H,5-6,8-9H2,1-2H3. The van der Waals surface area contributed by atoms with Gasteiger partial charge >= 0.3 is 0 Å². The van der Waals surface area contributed by atoms with Gasteiger partial charge in [-0.05, 0) is 26.0 Å². The van der Waals surface area contributed by atoms with Crippen LogP contribution in [0.2, 0.25) is 10.0 Å². The first-order chi connectivity index (χ1) is 9.06. The van der Waals surface area contributed by atoms with Gasteiger partial charge in [-0.1, -0.05) is 23.2 Å². The monoisotopic (exact) mass is 303 g/mol. The number of ether oxygens (including phenoxy) is 2. The van der Waals surface area contributed by atoms with Gasteiger partial charge in [-0.2, -0.15) is 0 Å². The fraction of sp³-hybridized carbons (Fsp3) is 0.571. The van der Waals surface area contributed by atoms with Crippen LogP contribution in [0, 0.1) is 0 Å². The lowest BCUT2D eigenvalue weighted by Crippen LogP contribution is -2.47. The summed E-state index contributed by atoms with van der Waals surface area (Å²) in [6.45, 7) is 7.48. The zero-order chi connectivity index (χ0) is 13.8. The van der Waals surface area contributed by atoms with Gasteiger partial charge in [0.2, 0.25) is 0 Å². The van der Waals surface area contributed by atoms with Crippen molar-refractivity contribution in [1.82, 2.24) is 4.90 Å². The second kappa shape index (κ2) is 6.80. The Kier molecular flexibility index (Phi) is 5.34. The number of nitrogens with zero attached hydrogens (tertiary/aromatic N) is 1. The lowest BCUT2D eigenvalue weighted by molar-refractivity contribution is -0.0564.